The molecule has 2 heterocycles. The summed E-state index contributed by atoms with van der Waals surface area (Å²) in [7, 11) is -3.75. The summed E-state index contributed by atoms with van der Waals surface area (Å²) in [6.45, 7) is 0. The molecule has 1 amide bonds. The quantitative estimate of drug-likeness (QED) is 0.655. The van der Waals surface area contributed by atoms with Gasteiger partial charge in [0.05, 0.1) is 6.42 Å². The number of hydrogen-bond donors (Lipinski definition) is 3. The van der Waals surface area contributed by atoms with E-state index in [-0.39, 0.29) is 11.3 Å². The minimum absolute atomic E-state index is 0.112. The molecule has 0 saturated heterocycles. The van der Waals surface area contributed by atoms with Gasteiger partial charge in [-0.3, -0.25) is 9.52 Å². The average Bonchev–Trinajstić information content (AvgIpc) is 2.93. The van der Waals surface area contributed by atoms with Gasteiger partial charge in [0.25, 0.3) is 10.0 Å². The molecule has 0 spiro atoms. The van der Waals surface area contributed by atoms with Crippen molar-refractivity contribution in [2.75, 3.05) is 4.72 Å². The molecule has 3 rings (SSSR count). The number of carbonyl (C=O) groups is 1. The van der Waals surface area contributed by atoms with E-state index in [1.165, 1.54) is 6.20 Å². The molecule has 23 heavy (non-hydrogen) atoms. The Hall–Kier alpha value is -2.87. The van der Waals surface area contributed by atoms with Crippen LogP contribution in [0.2, 0.25) is 0 Å². The predicted molar refractivity (Wildman–Crippen MR) is 86.2 cm³/mol. The van der Waals surface area contributed by atoms with Crippen molar-refractivity contribution in [3.05, 3.63) is 54.4 Å². The molecule has 0 saturated carbocycles. The van der Waals surface area contributed by atoms with Crippen LogP contribution >= 0.6 is 0 Å². The molecule has 4 N–H and O–H groups in total. The van der Waals surface area contributed by atoms with Gasteiger partial charge in [0.15, 0.2) is 0 Å². The van der Waals surface area contributed by atoms with Crippen molar-refractivity contribution in [2.24, 2.45) is 5.73 Å². The van der Waals surface area contributed by atoms with Crippen LogP contribution in [-0.2, 0) is 21.2 Å². The van der Waals surface area contributed by atoms with E-state index >= 15 is 0 Å². The fourth-order valence-corrected chi connectivity index (χ4v) is 3.48. The van der Waals surface area contributed by atoms with E-state index in [0.717, 1.165) is 5.56 Å². The third kappa shape index (κ3) is 3.16. The van der Waals surface area contributed by atoms with Crippen LogP contribution in [0, 0.1) is 0 Å². The molecule has 1 aromatic carbocycles. The first-order valence-corrected chi connectivity index (χ1v) is 8.26. The molecule has 0 fully saturated rings. The van der Waals surface area contributed by atoms with Gasteiger partial charge in [0.1, 0.15) is 10.5 Å². The molecule has 2 aromatic heterocycles. The maximum atomic E-state index is 12.5. The highest BCUT2D eigenvalue weighted by Crippen LogP contribution is 2.23. The van der Waals surface area contributed by atoms with Gasteiger partial charge in [-0.2, -0.15) is 0 Å². The first-order valence-electron chi connectivity index (χ1n) is 6.78. The van der Waals surface area contributed by atoms with Gasteiger partial charge >= 0.3 is 0 Å². The Morgan fingerprint density at radius 3 is 2.65 bits per heavy atom. The SMILES string of the molecule is NC(=O)Cc1ccc(NS(=O)(=O)c2c[nH]c3ncccc23)cc1. The number of primary amides is 1. The number of H-pyrrole nitrogens is 1. The second-order valence-corrected chi connectivity index (χ2v) is 6.65. The van der Waals surface area contributed by atoms with E-state index < -0.39 is 15.9 Å². The second kappa shape index (κ2) is 5.73. The van der Waals surface area contributed by atoms with Crippen molar-refractivity contribution >= 4 is 32.7 Å². The molecule has 0 aliphatic rings. The maximum absolute atomic E-state index is 12.5. The molecule has 0 aliphatic heterocycles. The normalized spacial score (nSPS) is 11.5. The standard InChI is InChI=1S/C15H14N4O3S/c16-14(20)8-10-3-5-11(6-4-10)19-23(21,22)13-9-18-15-12(13)2-1-7-17-15/h1-7,9,19H,8H2,(H2,16,20)(H,17,18). The number of hydrogen-bond acceptors (Lipinski definition) is 4. The third-order valence-electron chi connectivity index (χ3n) is 3.29. The lowest BCUT2D eigenvalue weighted by Gasteiger charge is -2.08. The largest absolute Gasteiger partial charge is 0.369 e. The highest BCUT2D eigenvalue weighted by molar-refractivity contribution is 7.93. The van der Waals surface area contributed by atoms with Crippen molar-refractivity contribution in [3.63, 3.8) is 0 Å². The minimum Gasteiger partial charge on any atom is -0.369 e. The molecule has 0 atom stereocenters. The fourth-order valence-electron chi connectivity index (χ4n) is 2.26. The summed E-state index contributed by atoms with van der Waals surface area (Å²) in [5, 5.41) is 0.519. The van der Waals surface area contributed by atoms with Crippen LogP contribution in [0.4, 0.5) is 5.69 Å². The summed E-state index contributed by atoms with van der Waals surface area (Å²) in [5.41, 5.74) is 6.74. The zero-order valence-electron chi connectivity index (χ0n) is 12.0. The number of sulfonamides is 1. The Kier molecular flexibility index (Phi) is 3.75. The number of nitrogens with one attached hydrogen (secondary N) is 2. The molecule has 0 bridgehead atoms. The van der Waals surface area contributed by atoms with Gasteiger partial charge in [0.2, 0.25) is 5.91 Å². The molecule has 0 radical (unpaired) electrons. The monoisotopic (exact) mass is 330 g/mol. The molecule has 0 unspecified atom stereocenters. The van der Waals surface area contributed by atoms with Gasteiger partial charge in [-0.05, 0) is 29.8 Å². The lowest BCUT2D eigenvalue weighted by atomic mass is 10.1. The lowest BCUT2D eigenvalue weighted by molar-refractivity contribution is -0.117. The average molecular weight is 330 g/mol. The summed E-state index contributed by atoms with van der Waals surface area (Å²) in [5.74, 6) is -0.440. The van der Waals surface area contributed by atoms with Crippen LogP contribution < -0.4 is 10.5 Å². The van der Waals surface area contributed by atoms with E-state index in [9.17, 15) is 13.2 Å². The number of pyridine rings is 1. The minimum atomic E-state index is -3.75. The van der Waals surface area contributed by atoms with Gasteiger partial charge in [0, 0.05) is 23.5 Å². The molecule has 3 aromatic rings. The van der Waals surface area contributed by atoms with Crippen LogP contribution in [0.3, 0.4) is 0 Å². The van der Waals surface area contributed by atoms with E-state index in [0.29, 0.717) is 16.7 Å². The fraction of sp³-hybridized carbons (Fsp3) is 0.0667. The van der Waals surface area contributed by atoms with Gasteiger partial charge < -0.3 is 10.7 Å². The van der Waals surface area contributed by atoms with E-state index in [2.05, 4.69) is 14.7 Å². The summed E-state index contributed by atoms with van der Waals surface area (Å²) in [4.78, 5) is 17.9. The Morgan fingerprint density at radius 1 is 1.22 bits per heavy atom. The topological polar surface area (TPSA) is 118 Å². The van der Waals surface area contributed by atoms with Gasteiger partial charge in [-0.25, -0.2) is 13.4 Å². The number of amides is 1. The number of rotatable bonds is 5. The molecule has 118 valence electrons. The summed E-state index contributed by atoms with van der Waals surface area (Å²) >= 11 is 0. The number of nitrogens with zero attached hydrogens (tertiary/aromatic N) is 1. The summed E-state index contributed by atoms with van der Waals surface area (Å²) in [6, 6.07) is 9.84. The smallest absolute Gasteiger partial charge is 0.264 e. The molecule has 7 nitrogen and oxygen atoms in total. The van der Waals surface area contributed by atoms with Crippen LogP contribution in [0.15, 0.2) is 53.7 Å². The number of nitrogens with two attached hydrogens (primary N) is 1. The van der Waals surface area contributed by atoms with E-state index in [4.69, 9.17) is 5.73 Å². The first kappa shape index (κ1) is 15.0. The number of benzene rings is 1. The second-order valence-electron chi connectivity index (χ2n) is 5.00. The Morgan fingerprint density at radius 2 is 1.96 bits per heavy atom. The van der Waals surface area contributed by atoms with Crippen molar-refractivity contribution in [3.8, 4) is 0 Å². The zero-order valence-corrected chi connectivity index (χ0v) is 12.8. The number of aromatic amines is 1. The number of carbonyl (C=O) groups excluding carboxylic acids is 1. The van der Waals surface area contributed by atoms with Crippen LogP contribution in [0.5, 0.6) is 0 Å². The van der Waals surface area contributed by atoms with Crippen LogP contribution in [-0.4, -0.2) is 24.3 Å². The zero-order chi connectivity index (χ0) is 16.4. The van der Waals surface area contributed by atoms with E-state index in [1.54, 1.807) is 42.6 Å². The van der Waals surface area contributed by atoms with Crippen LogP contribution in [0.1, 0.15) is 5.56 Å². The highest BCUT2D eigenvalue weighted by Gasteiger charge is 2.19. The molecule has 0 aliphatic carbocycles. The predicted octanol–water partition coefficient (Wildman–Crippen LogP) is 1.39. The molecular formula is C15H14N4O3S. The number of aromatic nitrogens is 2. The summed E-state index contributed by atoms with van der Waals surface area (Å²) in [6.07, 6.45) is 3.10. The third-order valence-corrected chi connectivity index (χ3v) is 4.71. The Bertz CT molecular complexity index is 962. The van der Waals surface area contributed by atoms with Crippen molar-refractivity contribution < 1.29 is 13.2 Å². The number of fused-ring (bicyclic) bond motifs is 1. The van der Waals surface area contributed by atoms with Gasteiger partial charge in [-0.1, -0.05) is 12.1 Å². The summed E-state index contributed by atoms with van der Waals surface area (Å²) < 4.78 is 27.5. The molecule has 8 heteroatoms. The Labute approximate surface area is 132 Å². The van der Waals surface area contributed by atoms with Crippen molar-refractivity contribution in [1.29, 1.82) is 0 Å². The van der Waals surface area contributed by atoms with E-state index in [1.807, 2.05) is 0 Å². The number of anilines is 1. The van der Waals surface area contributed by atoms with Gasteiger partial charge in [-0.15, -0.1) is 0 Å². The van der Waals surface area contributed by atoms with Crippen molar-refractivity contribution in [2.45, 2.75) is 11.3 Å². The Balaban J connectivity index is 1.88. The van der Waals surface area contributed by atoms with Crippen LogP contribution in [0.25, 0.3) is 11.0 Å². The van der Waals surface area contributed by atoms with Crippen molar-refractivity contribution in [1.82, 2.24) is 9.97 Å². The molecular weight excluding hydrogens is 316 g/mol. The maximum Gasteiger partial charge on any atom is 0.264 e. The first-order chi connectivity index (χ1) is 11.0. The lowest BCUT2D eigenvalue weighted by Crippen LogP contribution is -2.14. The highest BCUT2D eigenvalue weighted by atomic mass is 32.2.